The third-order valence-electron chi connectivity index (χ3n) is 6.38. The Balaban J connectivity index is 1.45. The summed E-state index contributed by atoms with van der Waals surface area (Å²) in [6.07, 6.45) is 3.97. The molecule has 1 amide bonds. The lowest BCUT2D eigenvalue weighted by atomic mass is 9.80. The summed E-state index contributed by atoms with van der Waals surface area (Å²) in [6.45, 7) is 7.12. The first-order chi connectivity index (χ1) is 13.5. The molecule has 5 rings (SSSR count). The van der Waals surface area contributed by atoms with E-state index in [4.69, 9.17) is 4.98 Å². The highest BCUT2D eigenvalue weighted by Gasteiger charge is 2.42. The third-order valence-corrected chi connectivity index (χ3v) is 7.44. The number of aromatic amines is 1. The van der Waals surface area contributed by atoms with Gasteiger partial charge in [0.25, 0.3) is 11.5 Å². The van der Waals surface area contributed by atoms with Gasteiger partial charge in [-0.1, -0.05) is 0 Å². The van der Waals surface area contributed by atoms with Crippen LogP contribution in [0, 0.1) is 19.8 Å². The lowest BCUT2D eigenvalue weighted by molar-refractivity contribution is 0.0789. The zero-order valence-corrected chi connectivity index (χ0v) is 17.1. The van der Waals surface area contributed by atoms with E-state index in [-0.39, 0.29) is 17.4 Å². The van der Waals surface area contributed by atoms with Crippen LogP contribution in [0.1, 0.15) is 56.8 Å². The van der Waals surface area contributed by atoms with E-state index in [1.807, 2.05) is 18.7 Å². The number of anilines is 1. The van der Waals surface area contributed by atoms with E-state index >= 15 is 0 Å². The summed E-state index contributed by atoms with van der Waals surface area (Å²) in [5, 5.41) is 0.922. The average Bonchev–Trinajstić information content (AvgIpc) is 3.40. The lowest BCUT2D eigenvalue weighted by Crippen LogP contribution is -2.31. The molecule has 0 radical (unpaired) electrons. The van der Waals surface area contributed by atoms with Gasteiger partial charge in [0.15, 0.2) is 0 Å². The summed E-state index contributed by atoms with van der Waals surface area (Å²) >= 11 is 1.47. The van der Waals surface area contributed by atoms with Gasteiger partial charge >= 0.3 is 0 Å². The third kappa shape index (κ3) is 2.85. The van der Waals surface area contributed by atoms with Crippen molar-refractivity contribution >= 4 is 23.2 Å². The Morgan fingerprint density at radius 3 is 2.68 bits per heavy atom. The van der Waals surface area contributed by atoms with Crippen molar-refractivity contribution in [1.29, 1.82) is 0 Å². The number of amides is 1. The summed E-state index contributed by atoms with van der Waals surface area (Å²) in [4.78, 5) is 43.0. The van der Waals surface area contributed by atoms with Gasteiger partial charge in [-0.05, 0) is 45.4 Å². The Kier molecular flexibility index (Phi) is 4.26. The van der Waals surface area contributed by atoms with Crippen molar-refractivity contribution in [3.63, 3.8) is 0 Å². The zero-order valence-electron chi connectivity index (χ0n) is 16.3. The average molecular weight is 400 g/mol. The molecule has 3 aliphatic rings. The molecule has 2 aliphatic heterocycles. The van der Waals surface area contributed by atoms with Crippen molar-refractivity contribution in [2.75, 3.05) is 31.1 Å². The maximum Gasteiger partial charge on any atom is 0.265 e. The fraction of sp³-hybridized carbons (Fsp3) is 0.600. The van der Waals surface area contributed by atoms with Crippen LogP contribution in [0.15, 0.2) is 4.79 Å². The van der Waals surface area contributed by atoms with Crippen LogP contribution >= 0.6 is 11.3 Å². The van der Waals surface area contributed by atoms with Crippen molar-refractivity contribution in [2.45, 2.75) is 45.4 Å². The second-order valence-electron chi connectivity index (χ2n) is 8.21. The second-order valence-corrected chi connectivity index (χ2v) is 9.41. The number of carbonyl (C=O) groups is 1. The highest BCUT2D eigenvalue weighted by Crippen LogP contribution is 2.40. The topological polar surface area (TPSA) is 82.2 Å². The number of nitrogens with zero attached hydrogens (tertiary/aromatic N) is 4. The molecule has 2 saturated heterocycles. The molecule has 0 saturated carbocycles. The van der Waals surface area contributed by atoms with Crippen molar-refractivity contribution in [1.82, 2.24) is 19.9 Å². The van der Waals surface area contributed by atoms with Gasteiger partial charge in [0.05, 0.1) is 16.4 Å². The Morgan fingerprint density at radius 1 is 1.18 bits per heavy atom. The summed E-state index contributed by atoms with van der Waals surface area (Å²) in [7, 11) is 0. The van der Waals surface area contributed by atoms with E-state index in [0.29, 0.717) is 18.4 Å². The molecule has 0 aromatic carbocycles. The van der Waals surface area contributed by atoms with Gasteiger partial charge in [-0.15, -0.1) is 11.3 Å². The van der Waals surface area contributed by atoms with Crippen molar-refractivity contribution < 1.29 is 4.79 Å². The molecule has 7 nitrogen and oxygen atoms in total. The van der Waals surface area contributed by atoms with Gasteiger partial charge in [-0.25, -0.2) is 9.97 Å². The van der Waals surface area contributed by atoms with Crippen LogP contribution in [0.3, 0.4) is 0 Å². The Bertz CT molecular complexity index is 991. The number of hydrogen-bond acceptors (Lipinski definition) is 6. The zero-order chi connectivity index (χ0) is 19.4. The minimum absolute atomic E-state index is 0.00375. The standard InChI is InChI=1S/C20H25N5O2S/c1-11-17(28-12(2)21-11)19(27)25-9-13-5-6-14-16(15(13)10-25)22-20(23-18(14)26)24-7-3-4-8-24/h13,15H,3-10H2,1-2H3,(H,22,23,26)/t13-,15+/m1/s1. The number of aromatic nitrogens is 3. The maximum absolute atomic E-state index is 13.1. The van der Waals surface area contributed by atoms with Crippen LogP contribution in [0.25, 0.3) is 0 Å². The van der Waals surface area contributed by atoms with Crippen molar-refractivity contribution in [2.24, 2.45) is 5.92 Å². The number of nitrogens with one attached hydrogen (secondary N) is 1. The number of fused-ring (bicyclic) bond motifs is 3. The fourth-order valence-corrected chi connectivity index (χ4v) is 5.86. The molecule has 2 fully saturated rings. The fourth-order valence-electron chi connectivity index (χ4n) is 4.97. The first kappa shape index (κ1) is 17.8. The van der Waals surface area contributed by atoms with Crippen molar-refractivity contribution in [3.05, 3.63) is 37.2 Å². The smallest absolute Gasteiger partial charge is 0.265 e. The molecular weight excluding hydrogens is 374 g/mol. The second kappa shape index (κ2) is 6.69. The Morgan fingerprint density at radius 2 is 1.96 bits per heavy atom. The maximum atomic E-state index is 13.1. The normalized spacial score (nSPS) is 23.8. The van der Waals surface area contributed by atoms with E-state index in [1.165, 1.54) is 11.3 Å². The van der Waals surface area contributed by atoms with Crippen LogP contribution in [0.4, 0.5) is 5.95 Å². The lowest BCUT2D eigenvalue weighted by Gasteiger charge is -2.27. The van der Waals surface area contributed by atoms with Crippen molar-refractivity contribution in [3.8, 4) is 0 Å². The minimum atomic E-state index is 0.00375. The van der Waals surface area contributed by atoms with Gasteiger partial charge in [0.2, 0.25) is 5.95 Å². The predicted molar refractivity (Wildman–Crippen MR) is 108 cm³/mol. The largest absolute Gasteiger partial charge is 0.342 e. The first-order valence-corrected chi connectivity index (χ1v) is 10.9. The molecule has 1 N–H and O–H groups in total. The molecule has 28 heavy (non-hydrogen) atoms. The van der Waals surface area contributed by atoms with Crippen LogP contribution in [0.5, 0.6) is 0 Å². The summed E-state index contributed by atoms with van der Waals surface area (Å²) in [6, 6.07) is 0. The first-order valence-electron chi connectivity index (χ1n) is 10.1. The molecular formula is C20H25N5O2S. The number of aryl methyl sites for hydroxylation is 2. The number of H-pyrrole nitrogens is 1. The van der Waals surface area contributed by atoms with E-state index in [2.05, 4.69) is 14.9 Å². The molecule has 4 heterocycles. The number of hydrogen-bond donors (Lipinski definition) is 1. The summed E-state index contributed by atoms with van der Waals surface area (Å²) < 4.78 is 0. The van der Waals surface area contributed by atoms with E-state index < -0.39 is 0 Å². The molecule has 0 spiro atoms. The molecule has 2 aromatic heterocycles. The Hall–Kier alpha value is -2.22. The van der Waals surface area contributed by atoms with E-state index in [1.54, 1.807) is 0 Å². The number of likely N-dealkylation sites (tertiary alicyclic amines) is 1. The monoisotopic (exact) mass is 399 g/mol. The highest BCUT2D eigenvalue weighted by atomic mass is 32.1. The van der Waals surface area contributed by atoms with Gasteiger partial charge in [0, 0.05) is 37.7 Å². The van der Waals surface area contributed by atoms with E-state index in [0.717, 1.165) is 72.2 Å². The molecule has 2 aromatic rings. The van der Waals surface area contributed by atoms with Gasteiger partial charge < -0.3 is 9.80 Å². The quantitative estimate of drug-likeness (QED) is 0.838. The van der Waals surface area contributed by atoms with Gasteiger partial charge in [-0.2, -0.15) is 0 Å². The Labute approximate surface area is 167 Å². The number of carbonyl (C=O) groups excluding carboxylic acids is 1. The predicted octanol–water partition coefficient (Wildman–Crippen LogP) is 2.25. The van der Waals surface area contributed by atoms with Gasteiger partial charge in [-0.3, -0.25) is 14.6 Å². The SMILES string of the molecule is Cc1nc(C)c(C(=O)N2C[C@H]3CCc4c(nc(N5CCCC5)[nH]c4=O)[C@H]3C2)s1. The molecule has 0 unspecified atom stereocenters. The van der Waals surface area contributed by atoms with Crippen LogP contribution in [-0.2, 0) is 6.42 Å². The number of rotatable bonds is 2. The minimum Gasteiger partial charge on any atom is -0.342 e. The molecule has 0 bridgehead atoms. The summed E-state index contributed by atoms with van der Waals surface area (Å²) in [5.41, 5.74) is 2.57. The molecule has 8 heteroatoms. The van der Waals surface area contributed by atoms with Crippen LogP contribution in [-0.4, -0.2) is 51.9 Å². The molecule has 1 aliphatic carbocycles. The summed E-state index contributed by atoms with van der Waals surface area (Å²) in [5.74, 6) is 1.32. The number of thiazole rings is 1. The van der Waals surface area contributed by atoms with E-state index in [9.17, 15) is 9.59 Å². The molecule has 2 atom stereocenters. The van der Waals surface area contributed by atoms with Crippen LogP contribution in [0.2, 0.25) is 0 Å². The highest BCUT2D eigenvalue weighted by molar-refractivity contribution is 7.13. The van der Waals surface area contributed by atoms with Gasteiger partial charge in [0.1, 0.15) is 4.88 Å². The molecule has 148 valence electrons. The van der Waals surface area contributed by atoms with Crippen LogP contribution < -0.4 is 10.5 Å².